The van der Waals surface area contributed by atoms with Gasteiger partial charge in [0.25, 0.3) is 11.8 Å². The number of nitrogen functional groups attached to an aromatic ring is 1. The molecule has 0 aliphatic rings. The lowest BCUT2D eigenvalue weighted by Crippen LogP contribution is -2.41. The number of hydrogen-bond donors (Lipinski definition) is 3. The monoisotopic (exact) mass is 279 g/mol. The van der Waals surface area contributed by atoms with Crippen LogP contribution < -0.4 is 21.5 Å². The molecule has 2 unspecified atom stereocenters. The summed E-state index contributed by atoms with van der Waals surface area (Å²) in [5.74, 6) is -0.670. The summed E-state index contributed by atoms with van der Waals surface area (Å²) in [7, 11) is 0. The van der Waals surface area contributed by atoms with Crippen molar-refractivity contribution in [2.75, 3.05) is 5.73 Å². The third kappa shape index (κ3) is 4.15. The standard InChI is InChI=1S/C14H21N3O3/c1-4-8(2)17-14(19)9(3)20-12-7-10(15)5-6-11(12)13(16)18/h5-9H,4,15H2,1-3H3,(H2,16,18)(H,17,19). The minimum atomic E-state index is -0.746. The molecule has 1 rings (SSSR count). The van der Waals surface area contributed by atoms with E-state index in [1.54, 1.807) is 13.0 Å². The van der Waals surface area contributed by atoms with E-state index in [1.807, 2.05) is 13.8 Å². The van der Waals surface area contributed by atoms with Crippen LogP contribution in [0, 0.1) is 0 Å². The first-order chi connectivity index (χ1) is 9.35. The van der Waals surface area contributed by atoms with Gasteiger partial charge in [0.1, 0.15) is 5.75 Å². The molecular weight excluding hydrogens is 258 g/mol. The van der Waals surface area contributed by atoms with E-state index in [9.17, 15) is 9.59 Å². The Kier molecular flexibility index (Phi) is 5.37. The van der Waals surface area contributed by atoms with Gasteiger partial charge in [0, 0.05) is 17.8 Å². The summed E-state index contributed by atoms with van der Waals surface area (Å²) in [5, 5.41) is 2.80. The number of amides is 2. The third-order valence-corrected chi connectivity index (χ3v) is 2.95. The molecule has 0 spiro atoms. The average Bonchev–Trinajstić information content (AvgIpc) is 2.38. The Bertz CT molecular complexity index is 502. The second kappa shape index (κ2) is 6.79. The van der Waals surface area contributed by atoms with Gasteiger partial charge in [0.15, 0.2) is 6.10 Å². The summed E-state index contributed by atoms with van der Waals surface area (Å²) < 4.78 is 5.50. The number of rotatable bonds is 6. The molecule has 0 bridgehead atoms. The number of benzene rings is 1. The lowest BCUT2D eigenvalue weighted by Gasteiger charge is -2.19. The van der Waals surface area contributed by atoms with Gasteiger partial charge < -0.3 is 21.5 Å². The maximum atomic E-state index is 11.9. The lowest BCUT2D eigenvalue weighted by molar-refractivity contribution is -0.127. The van der Waals surface area contributed by atoms with Crippen LogP contribution in [0.25, 0.3) is 0 Å². The first-order valence-corrected chi connectivity index (χ1v) is 6.51. The average molecular weight is 279 g/mol. The van der Waals surface area contributed by atoms with Crippen LogP contribution in [0.5, 0.6) is 5.75 Å². The molecule has 20 heavy (non-hydrogen) atoms. The summed E-state index contributed by atoms with van der Waals surface area (Å²) >= 11 is 0. The fourth-order valence-corrected chi connectivity index (χ4v) is 1.55. The number of carbonyl (C=O) groups is 2. The van der Waals surface area contributed by atoms with Crippen LogP contribution >= 0.6 is 0 Å². The predicted molar refractivity (Wildman–Crippen MR) is 77.4 cm³/mol. The van der Waals surface area contributed by atoms with Crippen LogP contribution in [0.3, 0.4) is 0 Å². The van der Waals surface area contributed by atoms with E-state index in [1.165, 1.54) is 12.1 Å². The van der Waals surface area contributed by atoms with E-state index >= 15 is 0 Å². The zero-order chi connectivity index (χ0) is 15.3. The van der Waals surface area contributed by atoms with Gasteiger partial charge in [-0.05, 0) is 32.4 Å². The molecule has 110 valence electrons. The Morgan fingerprint density at radius 1 is 1.35 bits per heavy atom. The molecule has 2 amide bonds. The second-order valence-electron chi connectivity index (χ2n) is 4.70. The zero-order valence-corrected chi connectivity index (χ0v) is 12.0. The van der Waals surface area contributed by atoms with E-state index in [2.05, 4.69) is 5.32 Å². The van der Waals surface area contributed by atoms with Crippen molar-refractivity contribution < 1.29 is 14.3 Å². The van der Waals surface area contributed by atoms with Crippen molar-refractivity contribution in [3.63, 3.8) is 0 Å². The van der Waals surface area contributed by atoms with Gasteiger partial charge >= 0.3 is 0 Å². The Morgan fingerprint density at radius 2 is 2.00 bits per heavy atom. The number of anilines is 1. The van der Waals surface area contributed by atoms with Crippen LogP contribution in [0.15, 0.2) is 18.2 Å². The summed E-state index contributed by atoms with van der Waals surface area (Å²) in [5.41, 5.74) is 11.5. The van der Waals surface area contributed by atoms with Gasteiger partial charge in [-0.3, -0.25) is 9.59 Å². The molecule has 0 aliphatic heterocycles. The number of nitrogens with two attached hydrogens (primary N) is 2. The number of primary amides is 1. The number of nitrogens with one attached hydrogen (secondary N) is 1. The van der Waals surface area contributed by atoms with Gasteiger partial charge in [-0.25, -0.2) is 0 Å². The number of hydrogen-bond acceptors (Lipinski definition) is 4. The molecule has 6 nitrogen and oxygen atoms in total. The smallest absolute Gasteiger partial charge is 0.260 e. The Hall–Kier alpha value is -2.24. The van der Waals surface area contributed by atoms with E-state index in [-0.39, 0.29) is 23.3 Å². The van der Waals surface area contributed by atoms with Crippen molar-refractivity contribution in [2.45, 2.75) is 39.3 Å². The maximum Gasteiger partial charge on any atom is 0.260 e. The first-order valence-electron chi connectivity index (χ1n) is 6.51. The van der Waals surface area contributed by atoms with Crippen LogP contribution in [0.1, 0.15) is 37.6 Å². The highest BCUT2D eigenvalue weighted by molar-refractivity contribution is 5.96. The highest BCUT2D eigenvalue weighted by Gasteiger charge is 2.19. The fraction of sp³-hybridized carbons (Fsp3) is 0.429. The van der Waals surface area contributed by atoms with Crippen molar-refractivity contribution >= 4 is 17.5 Å². The van der Waals surface area contributed by atoms with Crippen LogP contribution in [0.4, 0.5) is 5.69 Å². The minimum Gasteiger partial charge on any atom is -0.480 e. The van der Waals surface area contributed by atoms with Gasteiger partial charge in [0.2, 0.25) is 0 Å². The van der Waals surface area contributed by atoms with Gasteiger partial charge in [-0.1, -0.05) is 6.92 Å². The predicted octanol–water partition coefficient (Wildman–Crippen LogP) is 1.05. The summed E-state index contributed by atoms with van der Waals surface area (Å²) in [6.07, 6.45) is 0.0763. The van der Waals surface area contributed by atoms with Gasteiger partial charge in [0.05, 0.1) is 5.56 Å². The topological polar surface area (TPSA) is 107 Å². The van der Waals surface area contributed by atoms with Crippen molar-refractivity contribution in [3.05, 3.63) is 23.8 Å². The van der Waals surface area contributed by atoms with Crippen LogP contribution in [0.2, 0.25) is 0 Å². The second-order valence-corrected chi connectivity index (χ2v) is 4.70. The molecule has 0 radical (unpaired) electrons. The number of carbonyl (C=O) groups excluding carboxylic acids is 2. The summed E-state index contributed by atoms with van der Waals surface area (Å²) in [4.78, 5) is 23.2. The van der Waals surface area contributed by atoms with E-state index in [0.29, 0.717) is 5.69 Å². The summed E-state index contributed by atoms with van der Waals surface area (Å²) in [6, 6.07) is 4.57. The highest BCUT2D eigenvalue weighted by Crippen LogP contribution is 2.22. The number of ether oxygens (including phenoxy) is 1. The van der Waals surface area contributed by atoms with Crippen molar-refractivity contribution in [1.29, 1.82) is 0 Å². The largest absolute Gasteiger partial charge is 0.480 e. The van der Waals surface area contributed by atoms with Crippen LogP contribution in [-0.2, 0) is 4.79 Å². The lowest BCUT2D eigenvalue weighted by atomic mass is 10.1. The Balaban J connectivity index is 2.84. The molecule has 0 aromatic heterocycles. The molecule has 1 aromatic rings. The van der Waals surface area contributed by atoms with Gasteiger partial charge in [-0.2, -0.15) is 0 Å². The highest BCUT2D eigenvalue weighted by atomic mass is 16.5. The first kappa shape index (κ1) is 15.8. The van der Waals surface area contributed by atoms with Crippen molar-refractivity contribution in [3.8, 4) is 5.75 Å². The third-order valence-electron chi connectivity index (χ3n) is 2.95. The van der Waals surface area contributed by atoms with Crippen molar-refractivity contribution in [1.82, 2.24) is 5.32 Å². The zero-order valence-electron chi connectivity index (χ0n) is 12.0. The quantitative estimate of drug-likeness (QED) is 0.676. The molecule has 1 aromatic carbocycles. The SMILES string of the molecule is CCC(C)NC(=O)C(C)Oc1cc(N)ccc1C(N)=O. The van der Waals surface area contributed by atoms with Crippen molar-refractivity contribution in [2.24, 2.45) is 5.73 Å². The minimum absolute atomic E-state index is 0.0602. The molecule has 0 fully saturated rings. The molecule has 5 N–H and O–H groups in total. The Morgan fingerprint density at radius 3 is 2.55 bits per heavy atom. The molecule has 0 saturated heterocycles. The van der Waals surface area contributed by atoms with Gasteiger partial charge in [-0.15, -0.1) is 0 Å². The fourth-order valence-electron chi connectivity index (χ4n) is 1.55. The van der Waals surface area contributed by atoms with Crippen LogP contribution in [-0.4, -0.2) is 24.0 Å². The normalized spacial score (nSPS) is 13.3. The molecule has 0 saturated carbocycles. The van der Waals surface area contributed by atoms with E-state index in [4.69, 9.17) is 16.2 Å². The van der Waals surface area contributed by atoms with E-state index < -0.39 is 12.0 Å². The molecule has 6 heteroatoms. The molecule has 0 heterocycles. The Labute approximate surface area is 118 Å². The molecule has 2 atom stereocenters. The maximum absolute atomic E-state index is 11.9. The molecular formula is C14H21N3O3. The summed E-state index contributed by atoms with van der Waals surface area (Å²) in [6.45, 7) is 5.48. The van der Waals surface area contributed by atoms with E-state index in [0.717, 1.165) is 6.42 Å². The molecule has 0 aliphatic carbocycles.